The molecule has 0 radical (unpaired) electrons. The summed E-state index contributed by atoms with van der Waals surface area (Å²) in [6.45, 7) is 4.94. The number of rotatable bonds is 3. The highest BCUT2D eigenvalue weighted by Gasteiger charge is 2.21. The molecular weight excluding hydrogens is 306 g/mol. The van der Waals surface area contributed by atoms with Crippen LogP contribution in [0, 0.1) is 0 Å². The zero-order chi connectivity index (χ0) is 16.8. The summed E-state index contributed by atoms with van der Waals surface area (Å²) in [6.07, 6.45) is 6.89. The molecule has 2 saturated heterocycles. The van der Waals surface area contributed by atoms with E-state index in [4.69, 9.17) is 5.73 Å². The van der Waals surface area contributed by atoms with Crippen molar-refractivity contribution in [3.05, 3.63) is 18.5 Å². The Hall–Kier alpha value is -2.38. The smallest absolute Gasteiger partial charge is 0.244 e. The van der Waals surface area contributed by atoms with Crippen LogP contribution >= 0.6 is 0 Å². The summed E-state index contributed by atoms with van der Waals surface area (Å²) in [7, 11) is 0. The normalized spacial score (nSPS) is 19.5. The Morgan fingerprint density at radius 2 is 1.67 bits per heavy atom. The van der Waals surface area contributed by atoms with Gasteiger partial charge >= 0.3 is 0 Å². The Morgan fingerprint density at radius 3 is 2.33 bits per heavy atom. The lowest BCUT2D eigenvalue weighted by atomic mass is 10.1. The van der Waals surface area contributed by atoms with Gasteiger partial charge in [-0.3, -0.25) is 4.79 Å². The highest BCUT2D eigenvalue weighted by atomic mass is 16.2. The summed E-state index contributed by atoms with van der Waals surface area (Å²) in [5.74, 6) is 1.27. The van der Waals surface area contributed by atoms with Gasteiger partial charge in [-0.05, 0) is 25.3 Å². The average Bonchev–Trinajstić information content (AvgIpc) is 2.67. The van der Waals surface area contributed by atoms with Gasteiger partial charge in [-0.15, -0.1) is 0 Å². The van der Waals surface area contributed by atoms with Crippen LogP contribution in [0.3, 0.4) is 0 Å². The predicted octanol–water partition coefficient (Wildman–Crippen LogP) is -0.0742. The van der Waals surface area contributed by atoms with Gasteiger partial charge in [0, 0.05) is 51.7 Å². The van der Waals surface area contributed by atoms with Crippen LogP contribution in [0.4, 0.5) is 5.95 Å². The first-order valence-corrected chi connectivity index (χ1v) is 8.58. The van der Waals surface area contributed by atoms with Crippen molar-refractivity contribution in [2.45, 2.75) is 19.3 Å². The molecule has 24 heavy (non-hydrogen) atoms. The third-order valence-electron chi connectivity index (χ3n) is 4.52. The number of aromatic nitrogens is 2. The van der Waals surface area contributed by atoms with E-state index in [2.05, 4.69) is 19.9 Å². The molecule has 2 aliphatic heterocycles. The summed E-state index contributed by atoms with van der Waals surface area (Å²) in [4.78, 5) is 31.0. The molecule has 2 fully saturated rings. The number of likely N-dealkylation sites (tertiary alicyclic amines) is 1. The molecular formula is C16H25N7O. The summed E-state index contributed by atoms with van der Waals surface area (Å²) >= 11 is 0. The topological polar surface area (TPSA) is 91.0 Å². The van der Waals surface area contributed by atoms with Crippen LogP contribution in [0.2, 0.25) is 0 Å². The maximum Gasteiger partial charge on any atom is 0.244 e. The number of nitrogens with zero attached hydrogens (tertiary/aromatic N) is 6. The van der Waals surface area contributed by atoms with Crippen molar-refractivity contribution in [2.75, 3.05) is 50.7 Å². The van der Waals surface area contributed by atoms with E-state index >= 15 is 0 Å². The molecule has 2 aliphatic rings. The van der Waals surface area contributed by atoms with Gasteiger partial charge in [0.25, 0.3) is 0 Å². The molecule has 2 N–H and O–H groups in total. The number of hydrogen-bond donors (Lipinski definition) is 1. The number of hydrogen-bond acceptors (Lipinski definition) is 5. The molecule has 3 heterocycles. The lowest BCUT2D eigenvalue weighted by Gasteiger charge is -2.35. The van der Waals surface area contributed by atoms with Gasteiger partial charge in [0.15, 0.2) is 5.96 Å². The molecule has 3 rings (SSSR count). The van der Waals surface area contributed by atoms with Crippen molar-refractivity contribution in [2.24, 2.45) is 10.7 Å². The molecule has 0 aromatic carbocycles. The fraction of sp³-hybridized carbons (Fsp3) is 0.625. The number of nitrogens with two attached hydrogens (primary N) is 1. The van der Waals surface area contributed by atoms with Crippen LogP contribution in [0.15, 0.2) is 23.5 Å². The first-order chi connectivity index (χ1) is 11.7. The lowest BCUT2D eigenvalue weighted by molar-refractivity contribution is -0.130. The van der Waals surface area contributed by atoms with Crippen LogP contribution in [0.25, 0.3) is 0 Å². The number of anilines is 1. The van der Waals surface area contributed by atoms with Crippen molar-refractivity contribution >= 4 is 17.8 Å². The third-order valence-corrected chi connectivity index (χ3v) is 4.52. The summed E-state index contributed by atoms with van der Waals surface area (Å²) in [5.41, 5.74) is 6.07. The Kier molecular flexibility index (Phi) is 5.45. The zero-order valence-electron chi connectivity index (χ0n) is 14.0. The first kappa shape index (κ1) is 16.5. The molecule has 8 nitrogen and oxygen atoms in total. The largest absolute Gasteiger partial charge is 0.370 e. The van der Waals surface area contributed by atoms with Crippen LogP contribution in [0.5, 0.6) is 0 Å². The van der Waals surface area contributed by atoms with Crippen molar-refractivity contribution in [3.8, 4) is 0 Å². The Bertz CT molecular complexity index is 563. The van der Waals surface area contributed by atoms with Gasteiger partial charge in [0.1, 0.15) is 6.54 Å². The quantitative estimate of drug-likeness (QED) is 0.616. The van der Waals surface area contributed by atoms with Gasteiger partial charge in [-0.2, -0.15) is 0 Å². The second-order valence-corrected chi connectivity index (χ2v) is 6.14. The Morgan fingerprint density at radius 1 is 1.00 bits per heavy atom. The highest BCUT2D eigenvalue weighted by Crippen LogP contribution is 2.10. The molecule has 0 saturated carbocycles. The van der Waals surface area contributed by atoms with Gasteiger partial charge < -0.3 is 20.4 Å². The van der Waals surface area contributed by atoms with Crippen molar-refractivity contribution < 1.29 is 4.79 Å². The van der Waals surface area contributed by atoms with E-state index in [1.165, 1.54) is 6.42 Å². The minimum atomic E-state index is 0.0778. The zero-order valence-corrected chi connectivity index (χ0v) is 14.0. The molecule has 0 aliphatic carbocycles. The van der Waals surface area contributed by atoms with E-state index < -0.39 is 0 Å². The number of carbonyl (C=O) groups is 1. The number of piperazine rings is 1. The minimum Gasteiger partial charge on any atom is -0.370 e. The van der Waals surface area contributed by atoms with Crippen molar-refractivity contribution in [3.63, 3.8) is 0 Å². The molecule has 1 amide bonds. The standard InChI is InChI=1S/C16H25N7O/c17-15(20-13-14(24)21-7-2-1-3-8-21)22-9-11-23(12-10-22)16-18-5-4-6-19-16/h4-6H,1-3,7-13H2,(H2,17,20). The molecule has 0 spiro atoms. The van der Waals surface area contributed by atoms with E-state index in [1.54, 1.807) is 12.4 Å². The Balaban J connectivity index is 1.47. The highest BCUT2D eigenvalue weighted by molar-refractivity contribution is 5.84. The molecule has 0 atom stereocenters. The number of piperidine rings is 1. The maximum atomic E-state index is 12.1. The van der Waals surface area contributed by atoms with Crippen LogP contribution in [0.1, 0.15) is 19.3 Å². The fourth-order valence-electron chi connectivity index (χ4n) is 3.08. The predicted molar refractivity (Wildman–Crippen MR) is 92.7 cm³/mol. The van der Waals surface area contributed by atoms with Crippen molar-refractivity contribution in [1.82, 2.24) is 19.8 Å². The number of carbonyl (C=O) groups excluding carboxylic acids is 1. The third kappa shape index (κ3) is 4.12. The molecule has 0 unspecified atom stereocenters. The summed E-state index contributed by atoms with van der Waals surface area (Å²) in [6, 6.07) is 1.81. The van der Waals surface area contributed by atoms with Crippen LogP contribution in [-0.2, 0) is 4.79 Å². The Labute approximate surface area is 142 Å². The van der Waals surface area contributed by atoms with E-state index in [1.807, 2.05) is 15.9 Å². The molecule has 130 valence electrons. The van der Waals surface area contributed by atoms with Gasteiger partial charge in [-0.25, -0.2) is 15.0 Å². The lowest BCUT2D eigenvalue weighted by Crippen LogP contribution is -2.51. The fourth-order valence-corrected chi connectivity index (χ4v) is 3.08. The molecule has 0 bridgehead atoms. The number of amides is 1. The van der Waals surface area contributed by atoms with E-state index in [-0.39, 0.29) is 12.5 Å². The number of aliphatic imine (C=N–C) groups is 1. The average molecular weight is 331 g/mol. The van der Waals surface area contributed by atoms with Crippen LogP contribution < -0.4 is 10.6 Å². The van der Waals surface area contributed by atoms with Crippen LogP contribution in [-0.4, -0.2) is 77.4 Å². The van der Waals surface area contributed by atoms with E-state index in [0.717, 1.165) is 58.1 Å². The first-order valence-electron chi connectivity index (χ1n) is 8.58. The maximum absolute atomic E-state index is 12.1. The molecule has 8 heteroatoms. The van der Waals surface area contributed by atoms with Gasteiger partial charge in [-0.1, -0.05) is 0 Å². The van der Waals surface area contributed by atoms with Crippen molar-refractivity contribution in [1.29, 1.82) is 0 Å². The SMILES string of the molecule is NC(=NCC(=O)N1CCCCC1)N1CCN(c2ncccn2)CC1. The number of guanidine groups is 1. The van der Waals surface area contributed by atoms with E-state index in [0.29, 0.717) is 5.96 Å². The van der Waals surface area contributed by atoms with E-state index in [9.17, 15) is 4.79 Å². The molecule has 1 aromatic rings. The summed E-state index contributed by atoms with van der Waals surface area (Å²) in [5, 5.41) is 0. The minimum absolute atomic E-state index is 0.0778. The van der Waals surface area contributed by atoms with Gasteiger partial charge in [0.05, 0.1) is 0 Å². The second kappa shape index (κ2) is 7.94. The summed E-state index contributed by atoms with van der Waals surface area (Å²) < 4.78 is 0. The second-order valence-electron chi connectivity index (χ2n) is 6.14. The van der Waals surface area contributed by atoms with Gasteiger partial charge in [0.2, 0.25) is 11.9 Å². The monoisotopic (exact) mass is 331 g/mol. The molecule has 1 aromatic heterocycles.